The first-order valence-corrected chi connectivity index (χ1v) is 10.4. The molecule has 0 saturated heterocycles. The molecule has 0 aliphatic heterocycles. The Kier molecular flexibility index (Phi) is 5.14. The number of halogens is 1. The summed E-state index contributed by atoms with van der Waals surface area (Å²) in [6.07, 6.45) is 1.76. The topological polar surface area (TPSA) is 68.8 Å². The van der Waals surface area contributed by atoms with Gasteiger partial charge in [0.15, 0.2) is 10.8 Å². The number of anilines is 1. The van der Waals surface area contributed by atoms with Crippen LogP contribution in [0.15, 0.2) is 30.5 Å². The van der Waals surface area contributed by atoms with E-state index in [0.29, 0.717) is 28.9 Å². The van der Waals surface area contributed by atoms with Gasteiger partial charge in [-0.3, -0.25) is 19.1 Å². The van der Waals surface area contributed by atoms with Crippen LogP contribution in [0.4, 0.5) is 5.13 Å². The number of aromatic nitrogens is 5. The standard InChI is InChI=1S/C20H21ClN6OS/c1-12-9-15(21)11-17-18(12)22-20(29-17)26(19(28)16-5-6-25(4)24-16)7-8-27-14(3)10-13(2)23-27/h5-6,9-11H,7-8H2,1-4H3. The van der Waals surface area contributed by atoms with Crippen molar-refractivity contribution >= 4 is 44.2 Å². The summed E-state index contributed by atoms with van der Waals surface area (Å²) in [5, 5.41) is 10.1. The number of fused-ring (bicyclic) bond motifs is 1. The number of hydrogen-bond donors (Lipinski definition) is 0. The maximum Gasteiger partial charge on any atom is 0.280 e. The summed E-state index contributed by atoms with van der Waals surface area (Å²) in [7, 11) is 1.79. The summed E-state index contributed by atoms with van der Waals surface area (Å²) < 4.78 is 4.48. The second-order valence-electron chi connectivity index (χ2n) is 7.05. The Hall–Kier alpha value is -2.71. The smallest absolute Gasteiger partial charge is 0.280 e. The first-order valence-electron chi connectivity index (χ1n) is 9.21. The lowest BCUT2D eigenvalue weighted by atomic mass is 10.2. The zero-order valence-electron chi connectivity index (χ0n) is 16.7. The van der Waals surface area contributed by atoms with Gasteiger partial charge in [-0.1, -0.05) is 22.9 Å². The van der Waals surface area contributed by atoms with E-state index in [0.717, 1.165) is 27.2 Å². The Morgan fingerprint density at radius 3 is 2.66 bits per heavy atom. The van der Waals surface area contributed by atoms with E-state index in [9.17, 15) is 4.79 Å². The molecule has 0 atom stereocenters. The molecule has 3 aromatic heterocycles. The lowest BCUT2D eigenvalue weighted by molar-refractivity contribution is 0.0980. The zero-order chi connectivity index (χ0) is 20.7. The van der Waals surface area contributed by atoms with Gasteiger partial charge in [0.25, 0.3) is 5.91 Å². The van der Waals surface area contributed by atoms with Gasteiger partial charge >= 0.3 is 0 Å². The lowest BCUT2D eigenvalue weighted by Gasteiger charge is -2.19. The Balaban J connectivity index is 1.72. The molecule has 150 valence electrons. The molecule has 9 heteroatoms. The van der Waals surface area contributed by atoms with E-state index >= 15 is 0 Å². The Morgan fingerprint density at radius 2 is 2.00 bits per heavy atom. The highest BCUT2D eigenvalue weighted by molar-refractivity contribution is 7.22. The number of nitrogens with zero attached hydrogens (tertiary/aromatic N) is 6. The molecule has 7 nitrogen and oxygen atoms in total. The maximum atomic E-state index is 13.3. The Morgan fingerprint density at radius 1 is 1.21 bits per heavy atom. The van der Waals surface area contributed by atoms with Crippen LogP contribution in [0.3, 0.4) is 0 Å². The summed E-state index contributed by atoms with van der Waals surface area (Å²) in [5.74, 6) is -0.185. The third-order valence-electron chi connectivity index (χ3n) is 4.69. The molecule has 3 heterocycles. The van der Waals surface area contributed by atoms with Gasteiger partial charge in [-0.15, -0.1) is 0 Å². The molecule has 0 fully saturated rings. The van der Waals surface area contributed by atoms with Gasteiger partial charge in [0.2, 0.25) is 0 Å². The summed E-state index contributed by atoms with van der Waals surface area (Å²) in [4.78, 5) is 19.7. The first kappa shape index (κ1) is 19.6. The van der Waals surface area contributed by atoms with Crippen LogP contribution in [0.5, 0.6) is 0 Å². The maximum absolute atomic E-state index is 13.3. The molecule has 0 aliphatic rings. The fraction of sp³-hybridized carbons (Fsp3) is 0.300. The molecule has 0 aliphatic carbocycles. The molecule has 0 unspecified atom stereocenters. The number of aryl methyl sites for hydroxylation is 4. The van der Waals surface area contributed by atoms with Gasteiger partial charge in [0.1, 0.15) is 0 Å². The molecule has 0 spiro atoms. The van der Waals surface area contributed by atoms with E-state index in [1.54, 1.807) is 28.9 Å². The Labute approximate surface area is 177 Å². The van der Waals surface area contributed by atoms with Crippen LogP contribution in [0.1, 0.15) is 27.4 Å². The largest absolute Gasteiger partial charge is 0.281 e. The Bertz CT molecular complexity index is 1210. The van der Waals surface area contributed by atoms with Crippen molar-refractivity contribution in [1.82, 2.24) is 24.5 Å². The molecule has 1 aromatic carbocycles. The molecule has 0 saturated carbocycles. The van der Waals surface area contributed by atoms with E-state index in [-0.39, 0.29) is 5.91 Å². The zero-order valence-corrected chi connectivity index (χ0v) is 18.3. The van der Waals surface area contributed by atoms with Crippen molar-refractivity contribution in [2.24, 2.45) is 7.05 Å². The van der Waals surface area contributed by atoms with E-state index in [4.69, 9.17) is 16.6 Å². The van der Waals surface area contributed by atoms with Gasteiger partial charge in [-0.05, 0) is 50.6 Å². The minimum absolute atomic E-state index is 0.185. The highest BCUT2D eigenvalue weighted by Gasteiger charge is 2.24. The highest BCUT2D eigenvalue weighted by atomic mass is 35.5. The van der Waals surface area contributed by atoms with Gasteiger partial charge in [0, 0.05) is 30.5 Å². The summed E-state index contributed by atoms with van der Waals surface area (Å²) >= 11 is 7.66. The van der Waals surface area contributed by atoms with Crippen molar-refractivity contribution in [2.75, 3.05) is 11.4 Å². The minimum Gasteiger partial charge on any atom is -0.281 e. The summed E-state index contributed by atoms with van der Waals surface area (Å²) in [6, 6.07) is 7.51. The molecular formula is C20H21ClN6OS. The van der Waals surface area contributed by atoms with Crippen molar-refractivity contribution in [3.05, 3.63) is 58.1 Å². The lowest BCUT2D eigenvalue weighted by Crippen LogP contribution is -2.34. The predicted octanol–water partition coefficient (Wildman–Crippen LogP) is 4.15. The second kappa shape index (κ2) is 7.61. The molecule has 4 rings (SSSR count). The van der Waals surface area contributed by atoms with Gasteiger partial charge in [0.05, 0.1) is 22.5 Å². The van der Waals surface area contributed by atoms with Crippen molar-refractivity contribution in [3.8, 4) is 0 Å². The van der Waals surface area contributed by atoms with Crippen LogP contribution >= 0.6 is 22.9 Å². The van der Waals surface area contributed by atoms with Crippen LogP contribution in [0.2, 0.25) is 5.02 Å². The van der Waals surface area contributed by atoms with Gasteiger partial charge in [-0.25, -0.2) is 4.98 Å². The average Bonchev–Trinajstić information content (AvgIpc) is 3.34. The van der Waals surface area contributed by atoms with Gasteiger partial charge < -0.3 is 0 Å². The molecule has 0 radical (unpaired) electrons. The van der Waals surface area contributed by atoms with Gasteiger partial charge in [-0.2, -0.15) is 10.2 Å². The average molecular weight is 429 g/mol. The number of rotatable bonds is 5. The predicted molar refractivity (Wildman–Crippen MR) is 116 cm³/mol. The highest BCUT2D eigenvalue weighted by Crippen LogP contribution is 2.33. The van der Waals surface area contributed by atoms with E-state index < -0.39 is 0 Å². The fourth-order valence-corrected chi connectivity index (χ4v) is 4.75. The van der Waals surface area contributed by atoms with Crippen LogP contribution in [-0.2, 0) is 13.6 Å². The summed E-state index contributed by atoms with van der Waals surface area (Å²) in [6.45, 7) is 6.94. The first-order chi connectivity index (χ1) is 13.8. The summed E-state index contributed by atoms with van der Waals surface area (Å²) in [5.41, 5.74) is 4.24. The molecular weight excluding hydrogens is 408 g/mol. The van der Waals surface area contributed by atoms with Crippen LogP contribution in [-0.4, -0.2) is 37.0 Å². The third-order valence-corrected chi connectivity index (χ3v) is 5.93. The third kappa shape index (κ3) is 3.90. The molecule has 29 heavy (non-hydrogen) atoms. The number of benzene rings is 1. The van der Waals surface area contributed by atoms with Crippen LogP contribution < -0.4 is 4.90 Å². The van der Waals surface area contributed by atoms with Crippen LogP contribution in [0, 0.1) is 20.8 Å². The molecule has 4 aromatic rings. The molecule has 1 amide bonds. The SMILES string of the molecule is Cc1cc(C)n(CCN(C(=O)c2ccn(C)n2)c2nc3c(C)cc(Cl)cc3s2)n1. The number of thiazole rings is 1. The van der Waals surface area contributed by atoms with E-state index in [1.807, 2.05) is 43.7 Å². The van der Waals surface area contributed by atoms with Crippen molar-refractivity contribution in [1.29, 1.82) is 0 Å². The van der Waals surface area contributed by atoms with E-state index in [1.165, 1.54) is 11.3 Å². The number of hydrogen-bond acceptors (Lipinski definition) is 5. The normalized spacial score (nSPS) is 11.3. The molecule has 0 bridgehead atoms. The molecule has 0 N–H and O–H groups in total. The second-order valence-corrected chi connectivity index (χ2v) is 8.49. The van der Waals surface area contributed by atoms with Crippen molar-refractivity contribution in [3.63, 3.8) is 0 Å². The minimum atomic E-state index is -0.185. The fourth-order valence-electron chi connectivity index (χ4n) is 3.31. The van der Waals surface area contributed by atoms with Crippen molar-refractivity contribution in [2.45, 2.75) is 27.3 Å². The number of amides is 1. The van der Waals surface area contributed by atoms with Crippen LogP contribution in [0.25, 0.3) is 10.2 Å². The number of carbonyl (C=O) groups excluding carboxylic acids is 1. The number of carbonyl (C=O) groups is 1. The monoisotopic (exact) mass is 428 g/mol. The van der Waals surface area contributed by atoms with Crippen molar-refractivity contribution < 1.29 is 4.79 Å². The quantitative estimate of drug-likeness (QED) is 0.478. The van der Waals surface area contributed by atoms with E-state index in [2.05, 4.69) is 10.2 Å².